The Morgan fingerprint density at radius 3 is 2.32 bits per heavy atom. The summed E-state index contributed by atoms with van der Waals surface area (Å²) in [6.45, 7) is 1.29. The minimum Gasteiger partial charge on any atom is -0.322 e. The van der Waals surface area contributed by atoms with E-state index in [1.54, 1.807) is 24.3 Å². The second kappa shape index (κ2) is 7.73. The maximum absolute atomic E-state index is 12.4. The smallest absolute Gasteiger partial charge is 0.272 e. The molecule has 0 saturated heterocycles. The fraction of sp³-hybridized carbons (Fsp3) is 0.0588. The van der Waals surface area contributed by atoms with Crippen LogP contribution >= 0.6 is 0 Å². The summed E-state index contributed by atoms with van der Waals surface area (Å²) in [4.78, 5) is 23.7. The number of benzene rings is 2. The quantitative estimate of drug-likeness (QED) is 0.700. The van der Waals surface area contributed by atoms with Crippen LogP contribution < -0.4 is 15.8 Å². The normalized spacial score (nSPS) is 11.7. The molecule has 0 bridgehead atoms. The Morgan fingerprint density at radius 1 is 1.04 bits per heavy atom. The number of hydrogen-bond acceptors (Lipinski definition) is 4. The Balaban J connectivity index is 2.29. The molecule has 25 heavy (non-hydrogen) atoms. The lowest BCUT2D eigenvalue weighted by Crippen LogP contribution is -2.29. The van der Waals surface area contributed by atoms with Gasteiger partial charge >= 0.3 is 0 Å². The maximum Gasteiger partial charge on any atom is 0.272 e. The van der Waals surface area contributed by atoms with E-state index in [0.717, 1.165) is 5.56 Å². The topological polar surface area (TPSA) is 118 Å². The highest BCUT2D eigenvalue weighted by molar-refractivity contribution is 7.89. The molecule has 0 spiro atoms. The monoisotopic (exact) mass is 359 g/mol. The molecule has 7 nitrogen and oxygen atoms in total. The minimum atomic E-state index is -3.88. The van der Waals surface area contributed by atoms with Gasteiger partial charge in [-0.2, -0.15) is 0 Å². The Morgan fingerprint density at radius 2 is 1.72 bits per heavy atom. The molecule has 8 heteroatoms. The van der Waals surface area contributed by atoms with Crippen LogP contribution in [-0.4, -0.2) is 20.2 Å². The number of primary sulfonamides is 1. The van der Waals surface area contributed by atoms with Gasteiger partial charge in [0.2, 0.25) is 15.9 Å². The van der Waals surface area contributed by atoms with Crippen LogP contribution in [0.4, 0.5) is 5.69 Å². The molecule has 130 valence electrons. The first-order valence-electron chi connectivity index (χ1n) is 7.24. The van der Waals surface area contributed by atoms with Gasteiger partial charge in [-0.3, -0.25) is 9.59 Å². The van der Waals surface area contributed by atoms with Crippen LogP contribution in [0.25, 0.3) is 6.08 Å². The van der Waals surface area contributed by atoms with Crippen LogP contribution in [0.2, 0.25) is 0 Å². The minimum absolute atomic E-state index is 0.0275. The highest BCUT2D eigenvalue weighted by Gasteiger charge is 2.13. The summed E-state index contributed by atoms with van der Waals surface area (Å²) in [6, 6.07) is 14.5. The summed E-state index contributed by atoms with van der Waals surface area (Å²) < 4.78 is 22.8. The summed E-state index contributed by atoms with van der Waals surface area (Å²) in [7, 11) is -3.88. The van der Waals surface area contributed by atoms with Crippen LogP contribution in [0.15, 0.2) is 65.2 Å². The molecular formula is C17H17N3O4S. The molecule has 4 N–H and O–H groups in total. The third-order valence-electron chi connectivity index (χ3n) is 3.09. The second-order valence-electron chi connectivity index (χ2n) is 5.18. The van der Waals surface area contributed by atoms with Gasteiger partial charge in [0.1, 0.15) is 5.70 Å². The van der Waals surface area contributed by atoms with Crippen LogP contribution in [0.1, 0.15) is 12.5 Å². The van der Waals surface area contributed by atoms with Gasteiger partial charge in [0.25, 0.3) is 5.91 Å². The molecule has 2 aromatic carbocycles. The van der Waals surface area contributed by atoms with E-state index in [1.807, 2.05) is 6.07 Å². The van der Waals surface area contributed by atoms with Crippen LogP contribution in [0.5, 0.6) is 0 Å². The molecule has 0 aliphatic rings. The summed E-state index contributed by atoms with van der Waals surface area (Å²) >= 11 is 0. The molecule has 2 rings (SSSR count). The lowest BCUT2D eigenvalue weighted by atomic mass is 10.2. The first-order chi connectivity index (χ1) is 11.8. The number of hydrogen-bond donors (Lipinski definition) is 3. The standard InChI is InChI=1S/C17H17N3O4S/c1-12(21)19-16(10-13-6-3-2-4-7-13)17(22)20-14-8-5-9-15(11-14)25(18,23)24/h2-11H,1H3,(H,19,21)(H,20,22)(H2,18,23,24)/b16-10-. The van der Waals surface area contributed by atoms with E-state index >= 15 is 0 Å². The fourth-order valence-electron chi connectivity index (χ4n) is 2.01. The van der Waals surface area contributed by atoms with Gasteiger partial charge in [0.05, 0.1) is 4.90 Å². The van der Waals surface area contributed by atoms with Crippen molar-refractivity contribution in [2.75, 3.05) is 5.32 Å². The van der Waals surface area contributed by atoms with Crippen molar-refractivity contribution < 1.29 is 18.0 Å². The van der Waals surface area contributed by atoms with Crippen molar-refractivity contribution in [1.29, 1.82) is 0 Å². The zero-order chi connectivity index (χ0) is 18.4. The highest BCUT2D eigenvalue weighted by atomic mass is 32.2. The largest absolute Gasteiger partial charge is 0.322 e. The van der Waals surface area contributed by atoms with Gasteiger partial charge in [-0.05, 0) is 29.8 Å². The second-order valence-corrected chi connectivity index (χ2v) is 6.74. The third kappa shape index (κ3) is 5.55. The first-order valence-corrected chi connectivity index (χ1v) is 8.79. The number of nitrogens with two attached hydrogens (primary N) is 1. The highest BCUT2D eigenvalue weighted by Crippen LogP contribution is 2.15. The molecule has 0 aromatic heterocycles. The number of carbonyl (C=O) groups is 2. The average molecular weight is 359 g/mol. The number of amides is 2. The number of nitrogens with one attached hydrogen (secondary N) is 2. The Bertz CT molecular complexity index is 922. The molecular weight excluding hydrogens is 342 g/mol. The first kappa shape index (κ1) is 18.4. The fourth-order valence-corrected chi connectivity index (χ4v) is 2.57. The molecule has 0 unspecified atom stereocenters. The zero-order valence-corrected chi connectivity index (χ0v) is 14.2. The van der Waals surface area contributed by atoms with Gasteiger partial charge < -0.3 is 10.6 Å². The summed E-state index contributed by atoms with van der Waals surface area (Å²) in [5.41, 5.74) is 0.986. The SMILES string of the molecule is CC(=O)N/C(=C\c1ccccc1)C(=O)Nc1cccc(S(N)(=O)=O)c1. The van der Waals surface area contributed by atoms with E-state index in [2.05, 4.69) is 10.6 Å². The number of rotatable bonds is 5. The maximum atomic E-state index is 12.4. The van der Waals surface area contributed by atoms with Gasteiger partial charge in [0.15, 0.2) is 0 Å². The Kier molecular flexibility index (Phi) is 5.68. The number of sulfonamides is 1. The van der Waals surface area contributed by atoms with Crippen molar-refractivity contribution >= 4 is 33.6 Å². The molecule has 0 atom stereocenters. The molecule has 2 aromatic rings. The van der Waals surface area contributed by atoms with Crippen LogP contribution in [0, 0.1) is 0 Å². The molecule has 0 aliphatic carbocycles. The van der Waals surface area contributed by atoms with Crippen LogP contribution in [-0.2, 0) is 19.6 Å². The van der Waals surface area contributed by atoms with Crippen LogP contribution in [0.3, 0.4) is 0 Å². The predicted octanol–water partition coefficient (Wildman–Crippen LogP) is 1.45. The third-order valence-corrected chi connectivity index (χ3v) is 4.00. The van der Waals surface area contributed by atoms with E-state index in [0.29, 0.717) is 0 Å². The predicted molar refractivity (Wildman–Crippen MR) is 94.7 cm³/mol. The van der Waals surface area contributed by atoms with Gasteiger partial charge in [-0.15, -0.1) is 0 Å². The van der Waals surface area contributed by atoms with E-state index in [4.69, 9.17) is 5.14 Å². The molecule has 2 amide bonds. The van der Waals surface area contributed by atoms with Crippen molar-refractivity contribution in [3.8, 4) is 0 Å². The van der Waals surface area contributed by atoms with E-state index in [1.165, 1.54) is 37.3 Å². The summed E-state index contributed by atoms with van der Waals surface area (Å²) in [5.74, 6) is -0.999. The van der Waals surface area contributed by atoms with Crippen molar-refractivity contribution in [1.82, 2.24) is 5.32 Å². The Hall–Kier alpha value is -2.97. The molecule has 0 saturated carbocycles. The molecule has 0 fully saturated rings. The number of carbonyl (C=O) groups excluding carboxylic acids is 2. The van der Waals surface area contributed by atoms with E-state index in [-0.39, 0.29) is 16.3 Å². The van der Waals surface area contributed by atoms with Gasteiger partial charge in [0, 0.05) is 12.6 Å². The summed E-state index contributed by atoms with van der Waals surface area (Å²) in [6.07, 6.45) is 1.51. The van der Waals surface area contributed by atoms with E-state index in [9.17, 15) is 18.0 Å². The zero-order valence-electron chi connectivity index (χ0n) is 13.4. The number of anilines is 1. The summed E-state index contributed by atoms with van der Waals surface area (Å²) in [5, 5.41) is 10.1. The van der Waals surface area contributed by atoms with E-state index < -0.39 is 21.8 Å². The van der Waals surface area contributed by atoms with Crippen molar-refractivity contribution in [3.63, 3.8) is 0 Å². The van der Waals surface area contributed by atoms with Crippen molar-refractivity contribution in [2.24, 2.45) is 5.14 Å². The van der Waals surface area contributed by atoms with Gasteiger partial charge in [-0.1, -0.05) is 36.4 Å². The van der Waals surface area contributed by atoms with Crippen molar-refractivity contribution in [3.05, 3.63) is 65.9 Å². The van der Waals surface area contributed by atoms with Crippen molar-refractivity contribution in [2.45, 2.75) is 11.8 Å². The molecule has 0 radical (unpaired) electrons. The molecule has 0 aliphatic heterocycles. The Labute approximate surface area is 145 Å². The molecule has 0 heterocycles. The lowest BCUT2D eigenvalue weighted by molar-refractivity contribution is -0.120. The average Bonchev–Trinajstić information content (AvgIpc) is 2.54. The lowest BCUT2D eigenvalue weighted by Gasteiger charge is -2.10. The van der Waals surface area contributed by atoms with Gasteiger partial charge in [-0.25, -0.2) is 13.6 Å².